The zero-order valence-corrected chi connectivity index (χ0v) is 22.7. The number of nitrogens with one attached hydrogen (secondary N) is 2. The normalized spacial score (nSPS) is 14.4. The Kier molecular flexibility index (Phi) is 11.3. The van der Waals surface area contributed by atoms with Gasteiger partial charge < -0.3 is 14.6 Å². The molecule has 9 nitrogen and oxygen atoms in total. The van der Waals surface area contributed by atoms with Gasteiger partial charge >= 0.3 is 12.0 Å². The molecule has 0 heterocycles. The molecule has 0 aliphatic heterocycles. The van der Waals surface area contributed by atoms with Gasteiger partial charge in [0.15, 0.2) is 5.66 Å². The Morgan fingerprint density at radius 3 is 2.06 bits per heavy atom. The average Bonchev–Trinajstić information content (AvgIpc) is 2.82. The molecule has 10 heteroatoms. The summed E-state index contributed by atoms with van der Waals surface area (Å²) in [5.41, 5.74) is 2.54. The molecular weight excluding hydrogens is 479 g/mol. The fourth-order valence-electron chi connectivity index (χ4n) is 3.90. The number of carbonyl (C=O) groups is 2. The number of anilines is 1. The smallest absolute Gasteiger partial charge is 0.339 e. The van der Waals surface area contributed by atoms with Crippen LogP contribution in [0.25, 0.3) is 0 Å². The van der Waals surface area contributed by atoms with Gasteiger partial charge in [-0.3, -0.25) is 9.36 Å². The summed E-state index contributed by atoms with van der Waals surface area (Å²) in [6, 6.07) is 17.1. The highest BCUT2D eigenvalue weighted by atomic mass is 31.2. The summed E-state index contributed by atoms with van der Waals surface area (Å²) < 4.78 is 27.9. The number of rotatable bonds is 12. The predicted octanol–water partition coefficient (Wildman–Crippen LogP) is 5.64. The van der Waals surface area contributed by atoms with Crippen LogP contribution in [-0.4, -0.2) is 46.7 Å². The lowest BCUT2D eigenvalue weighted by molar-refractivity contribution is -0.141. The molecule has 196 valence electrons. The number of ether oxygens (including phenoxy) is 1. The van der Waals surface area contributed by atoms with Gasteiger partial charge in [-0.05, 0) is 59.2 Å². The molecule has 2 aromatic rings. The first kappa shape index (κ1) is 29.2. The summed E-state index contributed by atoms with van der Waals surface area (Å²) in [7, 11) is -3.93. The fourth-order valence-corrected chi connectivity index (χ4v) is 6.94. The summed E-state index contributed by atoms with van der Waals surface area (Å²) in [4.78, 5) is 25.6. The summed E-state index contributed by atoms with van der Waals surface area (Å²) in [6.07, 6.45) is 0. The molecule has 0 aliphatic carbocycles. The Balaban J connectivity index is 2.44. The van der Waals surface area contributed by atoms with Crippen LogP contribution in [0.2, 0.25) is 0 Å². The lowest BCUT2D eigenvalue weighted by atomic mass is 10.2. The third kappa shape index (κ3) is 8.01. The largest absolute Gasteiger partial charge is 0.465 e. The van der Waals surface area contributed by atoms with E-state index in [1.54, 1.807) is 35.9 Å². The lowest BCUT2D eigenvalue weighted by Gasteiger charge is -2.40. The van der Waals surface area contributed by atoms with E-state index in [-0.39, 0.29) is 31.0 Å². The van der Waals surface area contributed by atoms with Crippen LogP contribution in [0.1, 0.15) is 47.1 Å². The lowest BCUT2D eigenvalue weighted by Crippen LogP contribution is -2.44. The first-order valence-corrected chi connectivity index (χ1v) is 13.6. The molecule has 0 saturated heterocycles. The first-order valence-electron chi connectivity index (χ1n) is 12.0. The van der Waals surface area contributed by atoms with E-state index in [1.165, 1.54) is 6.92 Å². The monoisotopic (exact) mass is 516 g/mol. The van der Waals surface area contributed by atoms with Crippen molar-refractivity contribution in [1.82, 2.24) is 10.1 Å². The minimum atomic E-state index is -3.93. The molecule has 2 amide bonds. The van der Waals surface area contributed by atoms with Crippen LogP contribution in [0.4, 0.5) is 10.5 Å². The van der Waals surface area contributed by atoms with Crippen LogP contribution in [-0.2, 0) is 25.2 Å². The van der Waals surface area contributed by atoms with Crippen LogP contribution >= 0.6 is 7.52 Å². The number of nitrogens with zero attached hydrogens (tertiary/aromatic N) is 2. The molecule has 0 fully saturated rings. The highest BCUT2D eigenvalue weighted by Crippen LogP contribution is 2.59. The summed E-state index contributed by atoms with van der Waals surface area (Å²) in [6.45, 7) is 10.9. The van der Waals surface area contributed by atoms with E-state index in [4.69, 9.17) is 9.26 Å². The second-order valence-corrected chi connectivity index (χ2v) is 11.1. The van der Waals surface area contributed by atoms with E-state index in [9.17, 15) is 14.2 Å². The minimum Gasteiger partial charge on any atom is -0.465 e. The van der Waals surface area contributed by atoms with E-state index < -0.39 is 25.2 Å². The number of urea groups is 1. The van der Waals surface area contributed by atoms with Crippen LogP contribution < -0.4 is 10.7 Å². The van der Waals surface area contributed by atoms with Gasteiger partial charge in [0.25, 0.3) is 7.52 Å². The maximum absolute atomic E-state index is 14.8. The van der Waals surface area contributed by atoms with E-state index in [1.807, 2.05) is 64.1 Å². The molecule has 0 spiro atoms. The Morgan fingerprint density at radius 1 is 0.972 bits per heavy atom. The zero-order valence-electron chi connectivity index (χ0n) is 21.8. The third-order valence-electron chi connectivity index (χ3n) is 5.24. The first-order chi connectivity index (χ1) is 17.1. The number of esters is 1. The topological polar surface area (TPSA) is 109 Å². The molecule has 2 rings (SSSR count). The molecule has 0 radical (unpaired) electrons. The van der Waals surface area contributed by atoms with Gasteiger partial charge in [-0.2, -0.15) is 5.10 Å². The third-order valence-corrected chi connectivity index (χ3v) is 8.54. The van der Waals surface area contributed by atoms with E-state index in [2.05, 4.69) is 15.8 Å². The number of carbonyl (C=O) groups excluding carboxylic acids is 2. The molecular formula is C26H37N4O5P. The molecule has 0 saturated carbocycles. The number of hydrogen-bond donors (Lipinski definition) is 2. The summed E-state index contributed by atoms with van der Waals surface area (Å²) in [5, 5.41) is 6.77. The van der Waals surface area contributed by atoms with Gasteiger partial charge in [0.2, 0.25) is 0 Å². The summed E-state index contributed by atoms with van der Waals surface area (Å²) in [5.74, 6) is -0.730. The van der Waals surface area contributed by atoms with Gasteiger partial charge in [-0.15, -0.1) is 0 Å². The van der Waals surface area contributed by atoms with Gasteiger partial charge in [-0.25, -0.2) is 14.9 Å². The summed E-state index contributed by atoms with van der Waals surface area (Å²) >= 11 is 0. The van der Waals surface area contributed by atoms with E-state index in [0.717, 1.165) is 5.56 Å². The van der Waals surface area contributed by atoms with Gasteiger partial charge in [-0.1, -0.05) is 48.5 Å². The van der Waals surface area contributed by atoms with Crippen molar-refractivity contribution in [3.8, 4) is 0 Å². The second-order valence-electron chi connectivity index (χ2n) is 8.73. The van der Waals surface area contributed by atoms with Crippen molar-refractivity contribution >= 4 is 30.9 Å². The van der Waals surface area contributed by atoms with Crippen LogP contribution in [0.5, 0.6) is 0 Å². The zero-order chi connectivity index (χ0) is 26.7. The Bertz CT molecular complexity index is 1050. The van der Waals surface area contributed by atoms with E-state index >= 15 is 0 Å². The molecule has 2 atom stereocenters. The van der Waals surface area contributed by atoms with Crippen molar-refractivity contribution in [2.75, 3.05) is 11.9 Å². The van der Waals surface area contributed by atoms with Gasteiger partial charge in [0.05, 0.1) is 18.9 Å². The number of hydrogen-bond acceptors (Lipinski definition) is 6. The fraction of sp³-hybridized carbons (Fsp3) is 0.423. The highest BCUT2D eigenvalue weighted by Gasteiger charge is 2.49. The quantitative estimate of drug-likeness (QED) is 0.163. The number of para-hydroxylation sites is 1. The molecule has 0 aliphatic rings. The standard InChI is InChI=1S/C26H37N4O5P/c1-7-34-25(31)24(21(6)28-29-26(32)27-23-16-12-9-13-17-23)36(33,30(19(2)3)20(4)5)35-18-22-14-10-8-11-15-22/h8-17,19-20,24H,7,18H2,1-6H3,(H2,27,29,32)/b28-21+. The maximum Gasteiger partial charge on any atom is 0.339 e. The molecule has 0 aromatic heterocycles. The van der Waals surface area contributed by atoms with Crippen molar-refractivity contribution in [3.05, 3.63) is 66.2 Å². The van der Waals surface area contributed by atoms with Crippen molar-refractivity contribution in [3.63, 3.8) is 0 Å². The van der Waals surface area contributed by atoms with Gasteiger partial charge in [0.1, 0.15) is 0 Å². The number of amides is 2. The SMILES string of the molecule is CCOC(=O)C(/C(C)=N/NC(=O)Nc1ccccc1)P(=O)(OCc1ccccc1)N(C(C)C)C(C)C. The molecule has 2 N–H and O–H groups in total. The maximum atomic E-state index is 14.8. The Morgan fingerprint density at radius 2 is 1.53 bits per heavy atom. The Hall–Kier alpha value is -3.00. The molecule has 0 bridgehead atoms. The van der Waals surface area contributed by atoms with Crippen molar-refractivity contribution in [1.29, 1.82) is 0 Å². The highest BCUT2D eigenvalue weighted by molar-refractivity contribution is 7.59. The molecule has 2 aromatic carbocycles. The second kappa shape index (κ2) is 13.9. The number of hydrazone groups is 1. The number of benzene rings is 2. The van der Waals surface area contributed by atoms with Gasteiger partial charge in [0, 0.05) is 17.8 Å². The van der Waals surface area contributed by atoms with Crippen LogP contribution in [0.15, 0.2) is 65.8 Å². The van der Waals surface area contributed by atoms with Crippen molar-refractivity contribution < 1.29 is 23.4 Å². The predicted molar refractivity (Wildman–Crippen MR) is 143 cm³/mol. The van der Waals surface area contributed by atoms with Crippen molar-refractivity contribution in [2.45, 2.75) is 65.9 Å². The average molecular weight is 517 g/mol. The van der Waals surface area contributed by atoms with Crippen LogP contribution in [0, 0.1) is 0 Å². The molecule has 2 unspecified atom stereocenters. The van der Waals surface area contributed by atoms with Crippen LogP contribution in [0.3, 0.4) is 0 Å². The Labute approximate surface area is 213 Å². The van der Waals surface area contributed by atoms with Crippen molar-refractivity contribution in [2.24, 2.45) is 5.10 Å². The molecule has 36 heavy (non-hydrogen) atoms. The minimum absolute atomic E-state index is 0.0269. The van der Waals surface area contributed by atoms with E-state index in [0.29, 0.717) is 5.69 Å².